The second-order valence-corrected chi connectivity index (χ2v) is 11.8. The van der Waals surface area contributed by atoms with E-state index >= 15 is 0 Å². The monoisotopic (exact) mass is 556 g/mol. The van der Waals surface area contributed by atoms with Crippen LogP contribution >= 0.6 is 0 Å². The van der Waals surface area contributed by atoms with Gasteiger partial charge in [0, 0.05) is 29.5 Å². The molecule has 12 nitrogen and oxygen atoms in total. The summed E-state index contributed by atoms with van der Waals surface area (Å²) in [5.74, 6) is 0.294. The number of nitrogens with two attached hydrogens (primary N) is 1. The molecule has 0 unspecified atom stereocenters. The highest BCUT2D eigenvalue weighted by molar-refractivity contribution is 7.89. The van der Waals surface area contributed by atoms with E-state index in [1.165, 1.54) is 38.6 Å². The van der Waals surface area contributed by atoms with Gasteiger partial charge in [0.2, 0.25) is 25.9 Å². The number of hydrogen-bond acceptors (Lipinski definition) is 10. The van der Waals surface area contributed by atoms with Crippen LogP contribution in [0.4, 0.5) is 11.4 Å². The highest BCUT2D eigenvalue weighted by Crippen LogP contribution is 2.37. The maximum atomic E-state index is 13.2. The normalized spacial score (nSPS) is 13.9. The van der Waals surface area contributed by atoms with Crippen molar-refractivity contribution in [3.05, 3.63) is 54.9 Å². The lowest BCUT2D eigenvalue weighted by Gasteiger charge is -2.17. The zero-order valence-electron chi connectivity index (χ0n) is 20.4. The topological polar surface area (TPSA) is 175 Å². The Morgan fingerprint density at radius 2 is 1.76 bits per heavy atom. The molecule has 1 fully saturated rings. The van der Waals surface area contributed by atoms with Gasteiger partial charge in [0.15, 0.2) is 0 Å². The van der Waals surface area contributed by atoms with Crippen LogP contribution in [0.25, 0.3) is 22.0 Å². The lowest BCUT2D eigenvalue weighted by Crippen LogP contribution is -2.26. The van der Waals surface area contributed by atoms with E-state index in [2.05, 4.69) is 25.0 Å². The molecule has 4 N–H and O–H groups in total. The maximum absolute atomic E-state index is 13.2. The van der Waals surface area contributed by atoms with Crippen molar-refractivity contribution in [2.75, 3.05) is 19.5 Å². The summed E-state index contributed by atoms with van der Waals surface area (Å²) < 4.78 is 63.4. The average Bonchev–Trinajstić information content (AvgIpc) is 3.71. The summed E-state index contributed by atoms with van der Waals surface area (Å²) in [4.78, 5) is 12.6. The molecule has 1 aliphatic rings. The van der Waals surface area contributed by atoms with E-state index < -0.39 is 20.0 Å². The predicted molar refractivity (Wildman–Crippen MR) is 140 cm³/mol. The smallest absolute Gasteiger partial charge is 0.319 e. The van der Waals surface area contributed by atoms with E-state index in [9.17, 15) is 16.8 Å². The van der Waals surface area contributed by atoms with Crippen LogP contribution < -0.4 is 24.7 Å². The van der Waals surface area contributed by atoms with Crippen LogP contribution in [0.15, 0.2) is 64.6 Å². The number of benzene rings is 2. The average molecular weight is 557 g/mol. The van der Waals surface area contributed by atoms with Gasteiger partial charge in [0.05, 0.1) is 35.9 Å². The Kier molecular flexibility index (Phi) is 6.65. The molecule has 0 bridgehead atoms. The summed E-state index contributed by atoms with van der Waals surface area (Å²) in [6.07, 6.45) is 4.34. The van der Waals surface area contributed by atoms with E-state index in [0.717, 1.165) is 12.8 Å². The molecule has 2 aromatic carbocycles. The van der Waals surface area contributed by atoms with Crippen LogP contribution in [0.3, 0.4) is 0 Å². The quantitative estimate of drug-likeness (QED) is 0.278. The van der Waals surface area contributed by atoms with Crippen molar-refractivity contribution < 1.29 is 26.3 Å². The number of nitrogens with zero attached hydrogens (tertiary/aromatic N) is 3. The standard InChI is InChI=1S/C24H24N6O6S2/c1-35-23-19(12-27-24(29-23)36-2)14-6-9-18-20(10-14)26-13-21(38(33,34)30-15-7-8-15)22(18)28-16-4-3-5-17(11-16)37(25,31)32/h3-6,9-13,15,30H,7-8H2,1-2H3,(H,26,28)(H2,25,31,32). The number of methoxy groups -OCH3 is 2. The Hall–Kier alpha value is -3.85. The van der Waals surface area contributed by atoms with Crippen LogP contribution in [0.1, 0.15) is 12.8 Å². The summed E-state index contributed by atoms with van der Waals surface area (Å²) in [7, 11) is -4.97. The summed E-state index contributed by atoms with van der Waals surface area (Å²) in [6, 6.07) is 11.1. The number of aromatic nitrogens is 3. The Morgan fingerprint density at radius 3 is 2.45 bits per heavy atom. The van der Waals surface area contributed by atoms with Gasteiger partial charge in [-0.05, 0) is 42.7 Å². The molecule has 4 aromatic rings. The minimum absolute atomic E-state index is 0.0731. The summed E-state index contributed by atoms with van der Waals surface area (Å²) in [5, 5.41) is 8.85. The van der Waals surface area contributed by atoms with Gasteiger partial charge in [-0.3, -0.25) is 4.98 Å². The largest absolute Gasteiger partial charge is 0.480 e. The Labute approximate surface area is 219 Å². The number of hydrogen-bond donors (Lipinski definition) is 3. The van der Waals surface area contributed by atoms with Crippen molar-refractivity contribution in [2.24, 2.45) is 5.14 Å². The fourth-order valence-electron chi connectivity index (χ4n) is 3.86. The summed E-state index contributed by atoms with van der Waals surface area (Å²) in [5.41, 5.74) is 2.30. The van der Waals surface area contributed by atoms with E-state index in [1.807, 2.05) is 0 Å². The van der Waals surface area contributed by atoms with Crippen molar-refractivity contribution in [3.63, 3.8) is 0 Å². The molecule has 0 amide bonds. The second kappa shape index (κ2) is 9.79. The molecular formula is C24H24N6O6S2. The van der Waals surface area contributed by atoms with Crippen LogP contribution in [0.2, 0.25) is 0 Å². The van der Waals surface area contributed by atoms with Gasteiger partial charge in [0.25, 0.3) is 0 Å². The number of ether oxygens (including phenoxy) is 2. The van der Waals surface area contributed by atoms with Gasteiger partial charge in [-0.1, -0.05) is 18.2 Å². The van der Waals surface area contributed by atoms with E-state index in [4.69, 9.17) is 14.6 Å². The molecule has 14 heteroatoms. The lowest BCUT2D eigenvalue weighted by molar-refractivity contribution is 0.353. The highest BCUT2D eigenvalue weighted by atomic mass is 32.2. The zero-order chi connectivity index (χ0) is 27.1. The number of pyridine rings is 1. The molecule has 2 heterocycles. The van der Waals surface area contributed by atoms with Crippen LogP contribution in [-0.2, 0) is 20.0 Å². The Morgan fingerprint density at radius 1 is 0.974 bits per heavy atom. The molecular weight excluding hydrogens is 532 g/mol. The SMILES string of the molecule is COc1ncc(-c2ccc3c(Nc4cccc(S(N)(=O)=O)c4)c(S(=O)(=O)NC4CC4)cnc3c2)c(OC)n1. The van der Waals surface area contributed by atoms with Crippen LogP contribution in [0.5, 0.6) is 11.9 Å². The molecule has 5 rings (SSSR count). The van der Waals surface area contributed by atoms with E-state index in [-0.39, 0.29) is 27.5 Å². The number of fused-ring (bicyclic) bond motifs is 1. The van der Waals surface area contributed by atoms with Crippen LogP contribution in [-0.4, -0.2) is 52.0 Å². The van der Waals surface area contributed by atoms with Crippen LogP contribution in [0, 0.1) is 0 Å². The first-order chi connectivity index (χ1) is 18.1. The maximum Gasteiger partial charge on any atom is 0.319 e. The fraction of sp³-hybridized carbons (Fsp3) is 0.208. The van der Waals surface area contributed by atoms with E-state index in [0.29, 0.717) is 33.6 Å². The van der Waals surface area contributed by atoms with Crippen molar-refractivity contribution in [1.82, 2.24) is 19.7 Å². The highest BCUT2D eigenvalue weighted by Gasteiger charge is 2.30. The van der Waals surface area contributed by atoms with Crippen molar-refractivity contribution >= 4 is 42.3 Å². The number of nitrogens with one attached hydrogen (secondary N) is 2. The fourth-order valence-corrected chi connectivity index (χ4v) is 5.84. The first kappa shape index (κ1) is 25.8. The lowest BCUT2D eigenvalue weighted by atomic mass is 10.0. The molecule has 0 radical (unpaired) electrons. The molecule has 198 valence electrons. The number of primary sulfonamides is 1. The van der Waals surface area contributed by atoms with Gasteiger partial charge in [-0.15, -0.1) is 0 Å². The number of anilines is 2. The molecule has 0 saturated heterocycles. The van der Waals surface area contributed by atoms with Crippen molar-refractivity contribution in [1.29, 1.82) is 0 Å². The zero-order valence-corrected chi connectivity index (χ0v) is 22.0. The van der Waals surface area contributed by atoms with Gasteiger partial charge in [-0.25, -0.2) is 31.7 Å². The Bertz CT molecular complexity index is 1760. The Balaban J connectivity index is 1.66. The molecule has 0 atom stereocenters. The number of sulfonamides is 2. The first-order valence-electron chi connectivity index (χ1n) is 11.4. The van der Waals surface area contributed by atoms with E-state index in [1.54, 1.807) is 30.5 Å². The van der Waals surface area contributed by atoms with Crippen molar-refractivity contribution in [3.8, 4) is 23.0 Å². The predicted octanol–water partition coefficient (Wildman–Crippen LogP) is 2.54. The van der Waals surface area contributed by atoms with Gasteiger partial charge in [-0.2, -0.15) is 4.98 Å². The molecule has 1 aliphatic carbocycles. The minimum atomic E-state index is -3.97. The third kappa shape index (κ3) is 5.24. The van der Waals surface area contributed by atoms with Gasteiger partial charge in [0.1, 0.15) is 4.90 Å². The molecule has 0 aliphatic heterocycles. The molecule has 0 spiro atoms. The first-order valence-corrected chi connectivity index (χ1v) is 14.4. The second-order valence-electron chi connectivity index (χ2n) is 8.60. The minimum Gasteiger partial charge on any atom is -0.480 e. The van der Waals surface area contributed by atoms with Crippen molar-refractivity contribution in [2.45, 2.75) is 28.7 Å². The molecule has 1 saturated carbocycles. The number of rotatable bonds is 9. The third-order valence-corrected chi connectivity index (χ3v) is 8.32. The molecule has 2 aromatic heterocycles. The third-order valence-electron chi connectivity index (χ3n) is 5.87. The van der Waals surface area contributed by atoms with Gasteiger partial charge < -0.3 is 14.8 Å². The molecule has 38 heavy (non-hydrogen) atoms. The summed E-state index contributed by atoms with van der Waals surface area (Å²) >= 11 is 0. The van der Waals surface area contributed by atoms with Gasteiger partial charge >= 0.3 is 6.01 Å². The summed E-state index contributed by atoms with van der Waals surface area (Å²) in [6.45, 7) is 0.